The van der Waals surface area contributed by atoms with Crippen LogP contribution >= 0.6 is 0 Å². The minimum atomic E-state index is 0.189. The summed E-state index contributed by atoms with van der Waals surface area (Å²) in [5.74, 6) is 1.66. The Bertz CT molecular complexity index is 729. The molecule has 1 aliphatic rings. The fraction of sp³-hybridized carbons (Fsp3) is 0.222. The maximum atomic E-state index is 11.7. The van der Waals surface area contributed by atoms with Crippen LogP contribution in [0.4, 0.5) is 0 Å². The summed E-state index contributed by atoms with van der Waals surface area (Å²) in [5, 5.41) is 8.73. The summed E-state index contributed by atoms with van der Waals surface area (Å²) >= 11 is 0. The third kappa shape index (κ3) is 2.94. The Morgan fingerprint density at radius 1 is 1.00 bits per heavy atom. The summed E-state index contributed by atoms with van der Waals surface area (Å²) in [4.78, 5) is 11.7. The van der Waals surface area contributed by atoms with E-state index in [1.165, 1.54) is 0 Å². The van der Waals surface area contributed by atoms with E-state index in [2.05, 4.69) is 6.07 Å². The maximum Gasteiger partial charge on any atom is 0.163 e. The Kier molecular flexibility index (Phi) is 4.06. The fourth-order valence-corrected chi connectivity index (χ4v) is 2.53. The molecule has 0 N–H and O–H groups in total. The molecule has 2 aromatic carbocycles. The molecular formula is C18H15NO3. The van der Waals surface area contributed by atoms with Crippen LogP contribution in [0, 0.1) is 11.3 Å². The second-order valence-electron chi connectivity index (χ2n) is 5.04. The van der Waals surface area contributed by atoms with E-state index in [1.54, 1.807) is 24.3 Å². The first-order chi connectivity index (χ1) is 10.8. The van der Waals surface area contributed by atoms with Crippen molar-refractivity contribution in [2.45, 2.75) is 12.8 Å². The molecule has 22 heavy (non-hydrogen) atoms. The topological polar surface area (TPSA) is 59.3 Å². The standard InChI is InChI=1S/C18H15NO3/c19-12-13-4-6-14(7-5-13)21-10-11-22-18-3-1-2-15-16(18)8-9-17(15)20/h1-7H,8-11H2. The van der Waals surface area contributed by atoms with Crippen LogP contribution in [-0.4, -0.2) is 19.0 Å². The van der Waals surface area contributed by atoms with Gasteiger partial charge in [0.05, 0.1) is 11.6 Å². The number of nitrogens with zero attached hydrogens (tertiary/aromatic N) is 1. The Hall–Kier alpha value is -2.80. The summed E-state index contributed by atoms with van der Waals surface area (Å²) in [5.41, 5.74) is 2.39. The van der Waals surface area contributed by atoms with Crippen molar-refractivity contribution in [1.29, 1.82) is 5.26 Å². The Morgan fingerprint density at radius 3 is 2.55 bits per heavy atom. The molecule has 1 aliphatic carbocycles. The van der Waals surface area contributed by atoms with Gasteiger partial charge in [0.25, 0.3) is 0 Å². The van der Waals surface area contributed by atoms with Gasteiger partial charge in [-0.05, 0) is 36.8 Å². The van der Waals surface area contributed by atoms with Crippen molar-refractivity contribution in [2.24, 2.45) is 0 Å². The zero-order valence-corrected chi connectivity index (χ0v) is 12.0. The van der Waals surface area contributed by atoms with Crippen LogP contribution < -0.4 is 9.47 Å². The normalized spacial score (nSPS) is 12.6. The van der Waals surface area contributed by atoms with E-state index in [0.29, 0.717) is 30.9 Å². The van der Waals surface area contributed by atoms with Gasteiger partial charge in [-0.2, -0.15) is 5.26 Å². The van der Waals surface area contributed by atoms with Gasteiger partial charge in [-0.3, -0.25) is 4.79 Å². The van der Waals surface area contributed by atoms with E-state index < -0.39 is 0 Å². The molecule has 110 valence electrons. The van der Waals surface area contributed by atoms with E-state index >= 15 is 0 Å². The predicted octanol–water partition coefficient (Wildman–Crippen LogP) is 3.14. The zero-order valence-electron chi connectivity index (χ0n) is 12.0. The quantitative estimate of drug-likeness (QED) is 0.795. The fourth-order valence-electron chi connectivity index (χ4n) is 2.53. The average Bonchev–Trinajstić information content (AvgIpc) is 2.94. The van der Waals surface area contributed by atoms with Gasteiger partial charge in [0.1, 0.15) is 24.7 Å². The lowest BCUT2D eigenvalue weighted by atomic mass is 10.1. The Labute approximate surface area is 128 Å². The molecule has 0 radical (unpaired) electrons. The highest BCUT2D eigenvalue weighted by Crippen LogP contribution is 2.30. The van der Waals surface area contributed by atoms with Crippen molar-refractivity contribution in [3.63, 3.8) is 0 Å². The molecule has 0 amide bonds. The van der Waals surface area contributed by atoms with Crippen molar-refractivity contribution in [3.05, 3.63) is 59.2 Å². The Balaban J connectivity index is 1.54. The predicted molar refractivity (Wildman–Crippen MR) is 81.2 cm³/mol. The molecule has 0 heterocycles. The first kappa shape index (κ1) is 14.2. The zero-order chi connectivity index (χ0) is 15.4. The number of rotatable bonds is 5. The average molecular weight is 293 g/mol. The van der Waals surface area contributed by atoms with Gasteiger partial charge in [-0.25, -0.2) is 0 Å². The van der Waals surface area contributed by atoms with Gasteiger partial charge in [0.15, 0.2) is 5.78 Å². The number of benzene rings is 2. The van der Waals surface area contributed by atoms with E-state index in [-0.39, 0.29) is 5.78 Å². The second kappa shape index (κ2) is 6.31. The number of carbonyl (C=O) groups excluding carboxylic acids is 1. The van der Waals surface area contributed by atoms with E-state index in [1.807, 2.05) is 18.2 Å². The largest absolute Gasteiger partial charge is 0.490 e. The Morgan fingerprint density at radius 2 is 1.77 bits per heavy atom. The van der Waals surface area contributed by atoms with Crippen molar-refractivity contribution in [2.75, 3.05) is 13.2 Å². The molecule has 4 nitrogen and oxygen atoms in total. The summed E-state index contributed by atoms with van der Waals surface area (Å²) in [6.45, 7) is 0.814. The number of Topliss-reactive ketones (excluding diaryl/α,β-unsaturated/α-hetero) is 1. The molecule has 0 fully saturated rings. The number of hydrogen-bond donors (Lipinski definition) is 0. The summed E-state index contributed by atoms with van der Waals surface area (Å²) < 4.78 is 11.3. The number of fused-ring (bicyclic) bond motifs is 1. The molecule has 0 spiro atoms. The van der Waals surface area contributed by atoms with Crippen LogP contribution in [0.2, 0.25) is 0 Å². The summed E-state index contributed by atoms with van der Waals surface area (Å²) in [6.07, 6.45) is 1.32. The number of ketones is 1. The SMILES string of the molecule is N#Cc1ccc(OCCOc2cccc3c2CCC3=O)cc1. The number of nitriles is 1. The molecule has 0 aliphatic heterocycles. The minimum absolute atomic E-state index is 0.189. The van der Waals surface area contributed by atoms with Crippen molar-refractivity contribution in [1.82, 2.24) is 0 Å². The highest BCUT2D eigenvalue weighted by Gasteiger charge is 2.22. The first-order valence-electron chi connectivity index (χ1n) is 7.19. The summed E-state index contributed by atoms with van der Waals surface area (Å²) in [6, 6.07) is 14.6. The lowest BCUT2D eigenvalue weighted by Crippen LogP contribution is -2.10. The molecular weight excluding hydrogens is 278 g/mol. The third-order valence-corrected chi connectivity index (χ3v) is 3.63. The molecule has 0 atom stereocenters. The third-order valence-electron chi connectivity index (χ3n) is 3.63. The van der Waals surface area contributed by atoms with Crippen LogP contribution in [0.15, 0.2) is 42.5 Å². The van der Waals surface area contributed by atoms with Crippen LogP contribution in [0.5, 0.6) is 11.5 Å². The van der Waals surface area contributed by atoms with Gasteiger partial charge < -0.3 is 9.47 Å². The number of carbonyl (C=O) groups is 1. The van der Waals surface area contributed by atoms with Gasteiger partial charge in [0, 0.05) is 17.5 Å². The lowest BCUT2D eigenvalue weighted by molar-refractivity contribution is 0.0994. The van der Waals surface area contributed by atoms with E-state index in [4.69, 9.17) is 14.7 Å². The highest BCUT2D eigenvalue weighted by atomic mass is 16.5. The molecule has 4 heteroatoms. The molecule has 0 saturated heterocycles. The maximum absolute atomic E-state index is 11.7. The number of hydrogen-bond acceptors (Lipinski definition) is 4. The van der Waals surface area contributed by atoms with E-state index in [9.17, 15) is 4.79 Å². The lowest BCUT2D eigenvalue weighted by Gasteiger charge is -2.11. The second-order valence-corrected chi connectivity index (χ2v) is 5.04. The number of ether oxygens (including phenoxy) is 2. The molecule has 0 bridgehead atoms. The van der Waals surface area contributed by atoms with Gasteiger partial charge in [-0.1, -0.05) is 12.1 Å². The smallest absolute Gasteiger partial charge is 0.163 e. The first-order valence-corrected chi connectivity index (χ1v) is 7.19. The molecule has 3 rings (SSSR count). The molecule has 2 aromatic rings. The van der Waals surface area contributed by atoms with Gasteiger partial charge in [-0.15, -0.1) is 0 Å². The van der Waals surface area contributed by atoms with Crippen LogP contribution in [0.1, 0.15) is 27.9 Å². The van der Waals surface area contributed by atoms with Gasteiger partial charge >= 0.3 is 0 Å². The minimum Gasteiger partial charge on any atom is -0.490 e. The molecule has 0 saturated carbocycles. The van der Waals surface area contributed by atoms with Crippen LogP contribution in [0.3, 0.4) is 0 Å². The van der Waals surface area contributed by atoms with Crippen LogP contribution in [0.25, 0.3) is 0 Å². The molecule has 0 unspecified atom stereocenters. The summed E-state index contributed by atoms with van der Waals surface area (Å²) in [7, 11) is 0. The van der Waals surface area contributed by atoms with Crippen LogP contribution in [-0.2, 0) is 6.42 Å². The molecule has 0 aromatic heterocycles. The van der Waals surface area contributed by atoms with E-state index in [0.717, 1.165) is 23.3 Å². The van der Waals surface area contributed by atoms with Crippen molar-refractivity contribution < 1.29 is 14.3 Å². The highest BCUT2D eigenvalue weighted by molar-refractivity contribution is 6.01. The van der Waals surface area contributed by atoms with Crippen molar-refractivity contribution in [3.8, 4) is 17.6 Å². The monoisotopic (exact) mass is 293 g/mol. The van der Waals surface area contributed by atoms with Crippen molar-refractivity contribution >= 4 is 5.78 Å². The van der Waals surface area contributed by atoms with Gasteiger partial charge in [0.2, 0.25) is 0 Å².